The highest BCUT2D eigenvalue weighted by Gasteiger charge is 2.43. The molecule has 2 aromatic rings. The third-order valence-electron chi connectivity index (χ3n) is 7.69. The fourth-order valence-corrected chi connectivity index (χ4v) is 5.83. The van der Waals surface area contributed by atoms with E-state index in [2.05, 4.69) is 45.1 Å². The Morgan fingerprint density at radius 3 is 2.09 bits per heavy atom. The molecule has 1 aliphatic carbocycles. The summed E-state index contributed by atoms with van der Waals surface area (Å²) in [7, 11) is 0. The van der Waals surface area contributed by atoms with Crippen LogP contribution in [0.1, 0.15) is 65.5 Å². The Kier molecular flexibility index (Phi) is 4.98. The molecule has 2 heterocycles. The van der Waals surface area contributed by atoms with Crippen LogP contribution >= 0.6 is 0 Å². The van der Waals surface area contributed by atoms with Crippen LogP contribution in [0.5, 0.6) is 0 Å². The van der Waals surface area contributed by atoms with E-state index < -0.39 is 0 Å². The van der Waals surface area contributed by atoms with E-state index in [0.29, 0.717) is 24.0 Å². The summed E-state index contributed by atoms with van der Waals surface area (Å²) >= 11 is 0. The van der Waals surface area contributed by atoms with Crippen molar-refractivity contribution in [2.75, 3.05) is 5.32 Å². The number of ketones is 1. The van der Waals surface area contributed by atoms with E-state index in [1.165, 1.54) is 5.56 Å². The molecule has 0 bridgehead atoms. The van der Waals surface area contributed by atoms with Gasteiger partial charge >= 0.3 is 0 Å². The Morgan fingerprint density at radius 2 is 1.50 bits per heavy atom. The lowest BCUT2D eigenvalue weighted by atomic mass is 9.71. The number of fused-ring (bicyclic) bond motifs is 2. The molecule has 4 heteroatoms. The van der Waals surface area contributed by atoms with Crippen LogP contribution < -0.4 is 10.4 Å². The number of rotatable bonds is 4. The molecule has 2 aliphatic heterocycles. The molecule has 0 saturated carbocycles. The van der Waals surface area contributed by atoms with Gasteiger partial charge in [-0.3, -0.25) is 9.79 Å². The van der Waals surface area contributed by atoms with Crippen LogP contribution in [0.3, 0.4) is 0 Å². The summed E-state index contributed by atoms with van der Waals surface area (Å²) in [5.74, 6) is -0.288. The number of hydrogen-bond acceptors (Lipinski definition) is 4. The predicted octanol–water partition coefficient (Wildman–Crippen LogP) is 6.02. The van der Waals surface area contributed by atoms with Crippen molar-refractivity contribution in [3.63, 3.8) is 0 Å². The zero-order chi connectivity index (χ0) is 24.4. The summed E-state index contributed by atoms with van der Waals surface area (Å²) in [6.45, 7) is 12.5. The number of carbonyl (C=O) groups is 1. The first-order chi connectivity index (χ1) is 16.1. The number of Topliss-reactive ketones (excluding diaryl/α,β-unsaturated/α-hetero) is 1. The quantitative estimate of drug-likeness (QED) is 0.578. The summed E-state index contributed by atoms with van der Waals surface area (Å²) in [4.78, 5) is 18.5. The fraction of sp³-hybridized carbons (Fsp3) is 0.333. The van der Waals surface area contributed by atoms with Gasteiger partial charge in [0, 0.05) is 33.4 Å². The first kappa shape index (κ1) is 22.4. The Bertz CT molecular complexity index is 1370. The molecule has 3 aliphatic rings. The summed E-state index contributed by atoms with van der Waals surface area (Å²) < 4.78 is 0. The number of nitrogens with zero attached hydrogens (tertiary/aromatic N) is 1. The van der Waals surface area contributed by atoms with Crippen LogP contribution in [0.2, 0.25) is 0 Å². The highest BCUT2D eigenvalue weighted by Crippen LogP contribution is 2.49. The van der Waals surface area contributed by atoms with E-state index in [4.69, 9.17) is 4.99 Å². The predicted molar refractivity (Wildman–Crippen MR) is 136 cm³/mol. The number of allylic oxidation sites excluding steroid dienone is 5. The third-order valence-corrected chi connectivity index (χ3v) is 7.69. The molecule has 0 spiro atoms. The lowest BCUT2D eigenvalue weighted by molar-refractivity contribution is -0.300. The van der Waals surface area contributed by atoms with E-state index in [9.17, 15) is 9.90 Å². The summed E-state index contributed by atoms with van der Waals surface area (Å²) in [6, 6.07) is 16.2. The van der Waals surface area contributed by atoms with E-state index in [1.807, 2.05) is 50.2 Å². The van der Waals surface area contributed by atoms with Gasteiger partial charge in [-0.15, -0.1) is 0 Å². The number of para-hydroxylation sites is 2. The Labute approximate surface area is 201 Å². The number of anilines is 1. The normalized spacial score (nSPS) is 22.5. The van der Waals surface area contributed by atoms with Crippen molar-refractivity contribution >= 4 is 22.9 Å². The molecule has 5 rings (SSSR count). The van der Waals surface area contributed by atoms with Gasteiger partial charge < -0.3 is 10.4 Å². The average Bonchev–Trinajstić information content (AvgIpc) is 3.25. The molecule has 0 saturated heterocycles. The maximum absolute atomic E-state index is 13.6. The maximum atomic E-state index is 13.6. The summed E-state index contributed by atoms with van der Waals surface area (Å²) in [6.07, 6.45) is 1.20. The number of nitrogens with one attached hydrogen (secondary N) is 1. The van der Waals surface area contributed by atoms with Crippen LogP contribution in [0.15, 0.2) is 87.3 Å². The second-order valence-electron chi connectivity index (χ2n) is 10.3. The molecule has 0 amide bonds. The lowest BCUT2D eigenvalue weighted by Crippen LogP contribution is -2.37. The fourth-order valence-electron chi connectivity index (χ4n) is 5.83. The van der Waals surface area contributed by atoms with E-state index in [0.717, 1.165) is 39.5 Å². The molecule has 0 fully saturated rings. The summed E-state index contributed by atoms with van der Waals surface area (Å²) in [5, 5.41) is 17.1. The van der Waals surface area contributed by atoms with Crippen LogP contribution in [-0.2, 0) is 15.6 Å². The second kappa shape index (κ2) is 7.56. The minimum atomic E-state index is -0.353. The Balaban J connectivity index is 1.64. The molecule has 4 nitrogen and oxygen atoms in total. The van der Waals surface area contributed by atoms with Gasteiger partial charge in [-0.2, -0.15) is 0 Å². The van der Waals surface area contributed by atoms with Gasteiger partial charge in [0.2, 0.25) is 0 Å². The van der Waals surface area contributed by atoms with Crippen molar-refractivity contribution in [1.29, 1.82) is 0 Å². The van der Waals surface area contributed by atoms with Crippen molar-refractivity contribution < 1.29 is 9.90 Å². The highest BCUT2D eigenvalue weighted by molar-refractivity contribution is 6.27. The van der Waals surface area contributed by atoms with Gasteiger partial charge in [-0.25, -0.2) is 0 Å². The van der Waals surface area contributed by atoms with E-state index in [1.54, 1.807) is 0 Å². The van der Waals surface area contributed by atoms with Gasteiger partial charge in [0.1, 0.15) is 0 Å². The van der Waals surface area contributed by atoms with Crippen molar-refractivity contribution in [3.05, 3.63) is 93.4 Å². The lowest BCUT2D eigenvalue weighted by Gasteiger charge is -2.37. The van der Waals surface area contributed by atoms with E-state index >= 15 is 0 Å². The van der Waals surface area contributed by atoms with Crippen molar-refractivity contribution in [2.24, 2.45) is 4.99 Å². The first-order valence-corrected chi connectivity index (χ1v) is 12.1. The van der Waals surface area contributed by atoms with Gasteiger partial charge in [-0.05, 0) is 47.2 Å². The van der Waals surface area contributed by atoms with Crippen LogP contribution in [0.25, 0.3) is 0 Å². The molecule has 34 heavy (non-hydrogen) atoms. The van der Waals surface area contributed by atoms with Crippen LogP contribution in [0, 0.1) is 0 Å². The minimum absolute atomic E-state index is 0.144. The number of hydrogen-bond donors (Lipinski definition) is 1. The molecule has 174 valence electrons. The van der Waals surface area contributed by atoms with Gasteiger partial charge in [0.05, 0.1) is 11.4 Å². The van der Waals surface area contributed by atoms with Crippen LogP contribution in [0.4, 0.5) is 11.4 Å². The largest absolute Gasteiger partial charge is 0.871 e. The van der Waals surface area contributed by atoms with E-state index in [-0.39, 0.29) is 22.4 Å². The second-order valence-corrected chi connectivity index (χ2v) is 10.3. The van der Waals surface area contributed by atoms with Crippen molar-refractivity contribution in [3.8, 4) is 0 Å². The zero-order valence-electron chi connectivity index (χ0n) is 20.8. The smallest absolute Gasteiger partial charge is 0.192 e. The average molecular weight is 452 g/mol. The topological polar surface area (TPSA) is 64.5 Å². The number of carbonyl (C=O) groups excluding carboxylic acids is 1. The Morgan fingerprint density at radius 1 is 0.882 bits per heavy atom. The molecule has 0 aromatic heterocycles. The Hall–Kier alpha value is -3.40. The summed E-state index contributed by atoms with van der Waals surface area (Å²) in [5.41, 5.74) is 7.66. The third kappa shape index (κ3) is 2.91. The molecule has 2 aromatic carbocycles. The number of benzene rings is 2. The minimum Gasteiger partial charge on any atom is -0.871 e. The molecular weight excluding hydrogens is 420 g/mol. The monoisotopic (exact) mass is 451 g/mol. The van der Waals surface area contributed by atoms with Crippen LogP contribution in [-0.4, -0.2) is 11.5 Å². The zero-order valence-corrected chi connectivity index (χ0v) is 20.8. The first-order valence-electron chi connectivity index (χ1n) is 12.1. The van der Waals surface area contributed by atoms with Crippen molar-refractivity contribution in [2.45, 2.75) is 65.2 Å². The molecule has 0 unspecified atom stereocenters. The van der Waals surface area contributed by atoms with Crippen molar-refractivity contribution in [1.82, 2.24) is 0 Å². The molecule has 0 radical (unpaired) electrons. The highest BCUT2D eigenvalue weighted by atomic mass is 16.3. The van der Waals surface area contributed by atoms with Gasteiger partial charge in [-0.1, -0.05) is 83.7 Å². The molecule has 1 N–H and O–H groups in total. The molecular formula is C30H31N2O2-. The van der Waals surface area contributed by atoms with Gasteiger partial charge in [0.25, 0.3) is 0 Å². The standard InChI is InChI=1S/C30H32N2O2/c1-7-17(27-29(3,4)19-13-9-11-15-21(19)31-27)23-25(33)24(26(23)34)18(8-2)28-30(5,6)20-14-10-12-16-22(20)32-28/h9-16,31,33H,7-8H2,1-6H3/p-1/b24-18?,27-17+. The SMILES string of the molecule is CCC(C1=Nc2ccccc2C1(C)C)=C1C(=O)C(/C(CC)=C2/Nc3ccccc3C2(C)C)=C1[O-]. The maximum Gasteiger partial charge on any atom is 0.192 e. The van der Waals surface area contributed by atoms with Gasteiger partial charge in [0.15, 0.2) is 5.78 Å². The molecule has 0 atom stereocenters. The number of aliphatic imine (C=N–C) groups is 1.